The lowest BCUT2D eigenvalue weighted by molar-refractivity contribution is -0.144. The molecule has 1 heterocycles. The highest BCUT2D eigenvalue weighted by Crippen LogP contribution is 2.18. The summed E-state index contributed by atoms with van der Waals surface area (Å²) >= 11 is 0. The number of rotatable bonds is 2. The highest BCUT2D eigenvalue weighted by molar-refractivity contribution is 5.78. The van der Waals surface area contributed by atoms with Gasteiger partial charge in [0.25, 0.3) is 0 Å². The van der Waals surface area contributed by atoms with Gasteiger partial charge in [-0.3, -0.25) is 4.79 Å². The Kier molecular flexibility index (Phi) is 3.94. The van der Waals surface area contributed by atoms with E-state index < -0.39 is 0 Å². The van der Waals surface area contributed by atoms with E-state index in [1.807, 2.05) is 6.92 Å². The summed E-state index contributed by atoms with van der Waals surface area (Å²) in [6.07, 6.45) is 0.704. The van der Waals surface area contributed by atoms with Crippen molar-refractivity contribution in [1.82, 2.24) is 9.80 Å². The fourth-order valence-corrected chi connectivity index (χ4v) is 1.67. The van der Waals surface area contributed by atoms with Gasteiger partial charge in [-0.2, -0.15) is 0 Å². The topological polar surface area (TPSA) is 49.9 Å². The number of ether oxygens (including phenoxy) is 1. The molecular weight excluding hydrogens is 196 g/mol. The Bertz CT molecular complexity index is 255. The third kappa shape index (κ3) is 2.61. The fraction of sp³-hybridized carbons (Fsp3) is 0.800. The zero-order chi connectivity index (χ0) is 11.4. The van der Waals surface area contributed by atoms with Crippen LogP contribution >= 0.6 is 0 Å². The van der Waals surface area contributed by atoms with Crippen molar-refractivity contribution < 1.29 is 14.3 Å². The number of esters is 1. The molecule has 0 radical (unpaired) electrons. The molecular formula is C10H18N2O3. The second kappa shape index (κ2) is 5.00. The highest BCUT2D eigenvalue weighted by Gasteiger charge is 2.32. The van der Waals surface area contributed by atoms with Gasteiger partial charge in [0.2, 0.25) is 0 Å². The van der Waals surface area contributed by atoms with Crippen LogP contribution in [0, 0.1) is 5.92 Å². The van der Waals surface area contributed by atoms with Gasteiger partial charge in [-0.15, -0.1) is 0 Å². The van der Waals surface area contributed by atoms with Crippen molar-refractivity contribution >= 4 is 12.0 Å². The van der Waals surface area contributed by atoms with E-state index >= 15 is 0 Å². The van der Waals surface area contributed by atoms with Crippen LogP contribution in [0.3, 0.4) is 0 Å². The van der Waals surface area contributed by atoms with E-state index in [1.165, 1.54) is 7.11 Å². The Morgan fingerprint density at radius 1 is 1.53 bits per heavy atom. The summed E-state index contributed by atoms with van der Waals surface area (Å²) in [6.45, 7) is 3.72. The largest absolute Gasteiger partial charge is 0.469 e. The van der Waals surface area contributed by atoms with Crippen molar-refractivity contribution in [3.8, 4) is 0 Å². The maximum atomic E-state index is 11.7. The summed E-state index contributed by atoms with van der Waals surface area (Å²) in [6, 6.07) is -0.0103. The quantitative estimate of drug-likeness (QED) is 0.631. The van der Waals surface area contributed by atoms with Gasteiger partial charge in [0.05, 0.1) is 13.0 Å². The van der Waals surface area contributed by atoms with Crippen molar-refractivity contribution in [3.63, 3.8) is 0 Å². The molecule has 1 atom stereocenters. The van der Waals surface area contributed by atoms with Crippen LogP contribution in [-0.4, -0.2) is 55.6 Å². The van der Waals surface area contributed by atoms with Gasteiger partial charge in [0, 0.05) is 26.7 Å². The molecule has 1 rings (SSSR count). The van der Waals surface area contributed by atoms with Crippen molar-refractivity contribution in [3.05, 3.63) is 0 Å². The predicted molar refractivity (Wildman–Crippen MR) is 55.4 cm³/mol. The van der Waals surface area contributed by atoms with Gasteiger partial charge >= 0.3 is 12.0 Å². The number of hydrogen-bond donors (Lipinski definition) is 0. The van der Waals surface area contributed by atoms with Crippen molar-refractivity contribution in [2.45, 2.75) is 13.3 Å². The first-order valence-corrected chi connectivity index (χ1v) is 5.18. The van der Waals surface area contributed by atoms with E-state index in [-0.39, 0.29) is 17.9 Å². The summed E-state index contributed by atoms with van der Waals surface area (Å²) in [5.41, 5.74) is 0. The molecule has 0 spiro atoms. The molecule has 5 heteroatoms. The van der Waals surface area contributed by atoms with Gasteiger partial charge in [-0.1, -0.05) is 0 Å². The van der Waals surface area contributed by atoms with Gasteiger partial charge in [-0.05, 0) is 13.3 Å². The van der Waals surface area contributed by atoms with Gasteiger partial charge in [0.1, 0.15) is 0 Å². The monoisotopic (exact) mass is 214 g/mol. The summed E-state index contributed by atoms with van der Waals surface area (Å²) in [5, 5.41) is 0. The lowest BCUT2D eigenvalue weighted by Crippen LogP contribution is -2.40. The van der Waals surface area contributed by atoms with Crippen LogP contribution < -0.4 is 0 Å². The summed E-state index contributed by atoms with van der Waals surface area (Å²) in [4.78, 5) is 26.3. The number of carbonyl (C=O) groups excluding carboxylic acids is 2. The van der Waals surface area contributed by atoms with Crippen LogP contribution in [-0.2, 0) is 9.53 Å². The Hall–Kier alpha value is -1.26. The summed E-state index contributed by atoms with van der Waals surface area (Å²) in [7, 11) is 3.14. The lowest BCUT2D eigenvalue weighted by atomic mass is 10.1. The Labute approximate surface area is 90.0 Å². The van der Waals surface area contributed by atoms with Crippen LogP contribution in [0.25, 0.3) is 0 Å². The maximum absolute atomic E-state index is 11.7. The number of carbonyl (C=O) groups is 2. The minimum atomic E-state index is -0.218. The van der Waals surface area contributed by atoms with Crippen molar-refractivity contribution in [1.29, 1.82) is 0 Å². The van der Waals surface area contributed by atoms with Crippen LogP contribution in [0.4, 0.5) is 4.79 Å². The molecule has 15 heavy (non-hydrogen) atoms. The molecule has 1 fully saturated rings. The first-order chi connectivity index (χ1) is 7.10. The van der Waals surface area contributed by atoms with E-state index in [4.69, 9.17) is 0 Å². The SMILES string of the molecule is CCN(C)C(=O)N1CCC(C(=O)OC)C1. The number of amides is 2. The molecule has 0 bridgehead atoms. The molecule has 2 amide bonds. The van der Waals surface area contributed by atoms with Crippen molar-refractivity contribution in [2.24, 2.45) is 5.92 Å². The standard InChI is InChI=1S/C10H18N2O3/c1-4-11(2)10(14)12-6-5-8(7-12)9(13)15-3/h8H,4-7H2,1-3H3. The molecule has 1 saturated heterocycles. The Morgan fingerprint density at radius 2 is 2.20 bits per heavy atom. The minimum absolute atomic E-state index is 0.0103. The third-order valence-electron chi connectivity index (χ3n) is 2.79. The third-order valence-corrected chi connectivity index (χ3v) is 2.79. The van der Waals surface area contributed by atoms with Gasteiger partial charge in [0.15, 0.2) is 0 Å². The molecule has 1 aliphatic heterocycles. The second-order valence-electron chi connectivity index (χ2n) is 3.75. The number of likely N-dealkylation sites (tertiary alicyclic amines) is 1. The smallest absolute Gasteiger partial charge is 0.319 e. The molecule has 0 N–H and O–H groups in total. The first kappa shape index (κ1) is 11.8. The zero-order valence-corrected chi connectivity index (χ0v) is 9.52. The van der Waals surface area contributed by atoms with E-state index in [0.29, 0.717) is 26.1 Å². The molecule has 0 aromatic carbocycles. The molecule has 1 unspecified atom stereocenters. The average molecular weight is 214 g/mol. The summed E-state index contributed by atoms with van der Waals surface area (Å²) < 4.78 is 4.66. The van der Waals surface area contributed by atoms with E-state index in [1.54, 1.807) is 16.8 Å². The zero-order valence-electron chi connectivity index (χ0n) is 9.52. The van der Waals surface area contributed by atoms with E-state index in [9.17, 15) is 9.59 Å². The van der Waals surface area contributed by atoms with Crippen LogP contribution in [0.15, 0.2) is 0 Å². The molecule has 1 aliphatic rings. The molecule has 5 nitrogen and oxygen atoms in total. The number of hydrogen-bond acceptors (Lipinski definition) is 3. The van der Waals surface area contributed by atoms with Crippen LogP contribution in [0.5, 0.6) is 0 Å². The number of nitrogens with zero attached hydrogens (tertiary/aromatic N) is 2. The lowest BCUT2D eigenvalue weighted by Gasteiger charge is -2.23. The van der Waals surface area contributed by atoms with Crippen LogP contribution in [0.1, 0.15) is 13.3 Å². The average Bonchev–Trinajstić information content (AvgIpc) is 2.75. The number of methoxy groups -OCH3 is 1. The molecule has 0 aromatic heterocycles. The fourth-order valence-electron chi connectivity index (χ4n) is 1.67. The molecule has 86 valence electrons. The van der Waals surface area contributed by atoms with E-state index in [0.717, 1.165) is 0 Å². The van der Waals surface area contributed by atoms with Gasteiger partial charge < -0.3 is 14.5 Å². The summed E-state index contributed by atoms with van der Waals surface area (Å²) in [5.74, 6) is -0.367. The molecule has 0 aliphatic carbocycles. The molecule has 0 saturated carbocycles. The Morgan fingerprint density at radius 3 is 2.73 bits per heavy atom. The highest BCUT2D eigenvalue weighted by atomic mass is 16.5. The van der Waals surface area contributed by atoms with Crippen LogP contribution in [0.2, 0.25) is 0 Å². The predicted octanol–water partition coefficient (Wildman–Crippen LogP) is 0.553. The Balaban J connectivity index is 2.49. The van der Waals surface area contributed by atoms with Crippen molar-refractivity contribution in [2.75, 3.05) is 33.8 Å². The normalized spacial score (nSPS) is 20.2. The first-order valence-electron chi connectivity index (χ1n) is 5.18. The maximum Gasteiger partial charge on any atom is 0.319 e. The number of urea groups is 1. The second-order valence-corrected chi connectivity index (χ2v) is 3.75. The molecule has 0 aromatic rings. The minimum Gasteiger partial charge on any atom is -0.469 e. The van der Waals surface area contributed by atoms with Gasteiger partial charge in [-0.25, -0.2) is 4.79 Å². The van der Waals surface area contributed by atoms with E-state index in [2.05, 4.69) is 4.74 Å².